The third-order valence-electron chi connectivity index (χ3n) is 3.59. The summed E-state index contributed by atoms with van der Waals surface area (Å²) >= 11 is 3.68. The monoisotopic (exact) mass is 343 g/mol. The summed E-state index contributed by atoms with van der Waals surface area (Å²) in [6.45, 7) is 9.93. The van der Waals surface area contributed by atoms with E-state index in [0.29, 0.717) is 12.1 Å². The molecule has 116 valence electrons. The molecule has 3 nitrogen and oxygen atoms in total. The zero-order valence-corrected chi connectivity index (χ0v) is 15.0. The molecule has 0 aliphatic rings. The molecule has 0 radical (unpaired) electrons. The van der Waals surface area contributed by atoms with Gasteiger partial charge in [0.2, 0.25) is 0 Å². The van der Waals surface area contributed by atoms with Crippen LogP contribution < -0.4 is 5.32 Å². The molecule has 0 bridgehead atoms. The van der Waals surface area contributed by atoms with Gasteiger partial charge in [-0.1, -0.05) is 39.5 Å². The highest BCUT2D eigenvalue weighted by atomic mass is 79.9. The predicted octanol–water partition coefficient (Wildman–Crippen LogP) is 5.24. The van der Waals surface area contributed by atoms with Gasteiger partial charge in [-0.3, -0.25) is 4.68 Å². The zero-order chi connectivity index (χ0) is 15.0. The maximum Gasteiger partial charge on any atom is 0.0698 e. The summed E-state index contributed by atoms with van der Waals surface area (Å²) in [5.41, 5.74) is 1.31. The molecule has 0 saturated heterocycles. The second-order valence-corrected chi connectivity index (χ2v) is 6.63. The summed E-state index contributed by atoms with van der Waals surface area (Å²) in [6, 6.07) is 0.809. The molecule has 1 rings (SSSR count). The smallest absolute Gasteiger partial charge is 0.0698 e. The van der Waals surface area contributed by atoms with Gasteiger partial charge in [0.05, 0.1) is 22.4 Å². The average molecular weight is 344 g/mol. The number of hydrogen-bond donors (Lipinski definition) is 1. The number of nitrogens with zero attached hydrogens (tertiary/aromatic N) is 2. The van der Waals surface area contributed by atoms with Crippen molar-refractivity contribution < 1.29 is 0 Å². The molecule has 1 N–H and O–H groups in total. The van der Waals surface area contributed by atoms with Gasteiger partial charge >= 0.3 is 0 Å². The first-order valence-electron chi connectivity index (χ1n) is 8.08. The highest BCUT2D eigenvalue weighted by Crippen LogP contribution is 2.29. The second kappa shape index (κ2) is 9.56. The summed E-state index contributed by atoms with van der Waals surface area (Å²) in [6.07, 6.45) is 9.53. The van der Waals surface area contributed by atoms with Crippen LogP contribution in [0.25, 0.3) is 0 Å². The van der Waals surface area contributed by atoms with Crippen LogP contribution in [0, 0.1) is 0 Å². The van der Waals surface area contributed by atoms with Crippen molar-refractivity contribution in [1.82, 2.24) is 15.1 Å². The van der Waals surface area contributed by atoms with Gasteiger partial charge < -0.3 is 5.32 Å². The van der Waals surface area contributed by atoms with Gasteiger partial charge in [-0.25, -0.2) is 0 Å². The first-order valence-corrected chi connectivity index (χ1v) is 8.87. The molecule has 0 aliphatic carbocycles. The average Bonchev–Trinajstić information content (AvgIpc) is 2.80. The van der Waals surface area contributed by atoms with Gasteiger partial charge in [0.25, 0.3) is 0 Å². The normalized spacial score (nSPS) is 13.1. The van der Waals surface area contributed by atoms with Gasteiger partial charge in [-0.15, -0.1) is 0 Å². The standard InChI is InChI=1S/C16H30BrN3/c1-5-7-8-9-10-15(18-11-6-2)16-14(17)12-19-20(16)13(3)4/h12-13,15,18H,5-11H2,1-4H3. The van der Waals surface area contributed by atoms with Gasteiger partial charge in [-0.05, 0) is 49.2 Å². The Morgan fingerprint density at radius 2 is 1.95 bits per heavy atom. The van der Waals surface area contributed by atoms with E-state index >= 15 is 0 Å². The topological polar surface area (TPSA) is 29.9 Å². The van der Waals surface area contributed by atoms with Crippen molar-refractivity contribution in [2.24, 2.45) is 0 Å². The van der Waals surface area contributed by atoms with E-state index in [4.69, 9.17) is 0 Å². The highest BCUT2D eigenvalue weighted by Gasteiger charge is 2.20. The molecule has 1 aromatic heterocycles. The third-order valence-corrected chi connectivity index (χ3v) is 4.20. The lowest BCUT2D eigenvalue weighted by atomic mass is 10.0. The summed E-state index contributed by atoms with van der Waals surface area (Å²) in [4.78, 5) is 0. The lowest BCUT2D eigenvalue weighted by Gasteiger charge is -2.22. The summed E-state index contributed by atoms with van der Waals surface area (Å²) in [7, 11) is 0. The Kier molecular flexibility index (Phi) is 8.46. The Bertz CT molecular complexity index is 374. The van der Waals surface area contributed by atoms with Gasteiger partial charge in [-0.2, -0.15) is 5.10 Å². The van der Waals surface area contributed by atoms with Crippen molar-refractivity contribution in [3.05, 3.63) is 16.4 Å². The van der Waals surface area contributed by atoms with Crippen molar-refractivity contribution in [3.8, 4) is 0 Å². The molecule has 0 saturated carbocycles. The molecule has 4 heteroatoms. The fraction of sp³-hybridized carbons (Fsp3) is 0.812. The molecule has 0 amide bonds. The van der Waals surface area contributed by atoms with Crippen LogP contribution in [0.4, 0.5) is 0 Å². The number of hydrogen-bond acceptors (Lipinski definition) is 2. The second-order valence-electron chi connectivity index (χ2n) is 5.77. The van der Waals surface area contributed by atoms with Crippen molar-refractivity contribution in [3.63, 3.8) is 0 Å². The van der Waals surface area contributed by atoms with Crippen LogP contribution in [0.3, 0.4) is 0 Å². The zero-order valence-electron chi connectivity index (χ0n) is 13.5. The number of halogens is 1. The first kappa shape index (κ1) is 17.7. The van der Waals surface area contributed by atoms with E-state index in [-0.39, 0.29) is 0 Å². The Morgan fingerprint density at radius 1 is 1.20 bits per heavy atom. The van der Waals surface area contributed by atoms with Crippen LogP contribution in [0.5, 0.6) is 0 Å². The van der Waals surface area contributed by atoms with Gasteiger partial charge in [0.15, 0.2) is 0 Å². The lowest BCUT2D eigenvalue weighted by molar-refractivity contribution is 0.413. The number of aromatic nitrogens is 2. The van der Waals surface area contributed by atoms with Crippen LogP contribution in [0.2, 0.25) is 0 Å². The van der Waals surface area contributed by atoms with E-state index in [1.165, 1.54) is 44.2 Å². The summed E-state index contributed by atoms with van der Waals surface area (Å²) in [5, 5.41) is 8.21. The van der Waals surface area contributed by atoms with Gasteiger partial charge in [0, 0.05) is 6.04 Å². The molecular formula is C16H30BrN3. The maximum atomic E-state index is 4.52. The van der Waals surface area contributed by atoms with E-state index in [2.05, 4.69) is 58.7 Å². The van der Waals surface area contributed by atoms with Crippen molar-refractivity contribution in [2.45, 2.75) is 78.3 Å². The fourth-order valence-corrected chi connectivity index (χ4v) is 3.07. The minimum absolute atomic E-state index is 0.401. The van der Waals surface area contributed by atoms with Crippen LogP contribution in [0.15, 0.2) is 10.7 Å². The summed E-state index contributed by atoms with van der Waals surface area (Å²) in [5.74, 6) is 0. The Balaban J connectivity index is 2.78. The number of rotatable bonds is 10. The molecule has 0 aliphatic heterocycles. The van der Waals surface area contributed by atoms with Crippen molar-refractivity contribution in [1.29, 1.82) is 0 Å². The summed E-state index contributed by atoms with van der Waals surface area (Å²) < 4.78 is 3.28. The highest BCUT2D eigenvalue weighted by molar-refractivity contribution is 9.10. The minimum atomic E-state index is 0.401. The third kappa shape index (κ3) is 5.21. The minimum Gasteiger partial charge on any atom is -0.309 e. The van der Waals surface area contributed by atoms with Crippen molar-refractivity contribution in [2.75, 3.05) is 6.54 Å². The largest absolute Gasteiger partial charge is 0.309 e. The predicted molar refractivity (Wildman–Crippen MR) is 90.1 cm³/mol. The van der Waals surface area contributed by atoms with E-state index in [1.54, 1.807) is 0 Å². The van der Waals surface area contributed by atoms with E-state index in [1.807, 2.05) is 6.20 Å². The Morgan fingerprint density at radius 3 is 2.55 bits per heavy atom. The van der Waals surface area contributed by atoms with E-state index in [0.717, 1.165) is 11.0 Å². The van der Waals surface area contributed by atoms with E-state index < -0.39 is 0 Å². The fourth-order valence-electron chi connectivity index (χ4n) is 2.52. The molecule has 1 unspecified atom stereocenters. The molecule has 0 aromatic carbocycles. The molecular weight excluding hydrogens is 314 g/mol. The lowest BCUT2D eigenvalue weighted by Crippen LogP contribution is -2.26. The molecule has 0 fully saturated rings. The van der Waals surface area contributed by atoms with Crippen LogP contribution >= 0.6 is 15.9 Å². The van der Waals surface area contributed by atoms with Crippen LogP contribution in [-0.2, 0) is 0 Å². The molecule has 1 atom stereocenters. The van der Waals surface area contributed by atoms with Crippen LogP contribution in [-0.4, -0.2) is 16.3 Å². The molecule has 1 aromatic rings. The Labute approximate surface area is 132 Å². The first-order chi connectivity index (χ1) is 9.61. The SMILES string of the molecule is CCCCCCC(NCCC)c1c(Br)cnn1C(C)C. The van der Waals surface area contributed by atoms with E-state index in [9.17, 15) is 0 Å². The Hall–Kier alpha value is -0.350. The molecule has 0 spiro atoms. The number of unbranched alkanes of at least 4 members (excludes halogenated alkanes) is 3. The number of nitrogens with one attached hydrogen (secondary N) is 1. The van der Waals surface area contributed by atoms with Crippen molar-refractivity contribution >= 4 is 15.9 Å². The van der Waals surface area contributed by atoms with Crippen LogP contribution in [0.1, 0.15) is 84.0 Å². The molecule has 1 heterocycles. The molecule has 20 heavy (non-hydrogen) atoms. The van der Waals surface area contributed by atoms with Gasteiger partial charge in [0.1, 0.15) is 0 Å². The quantitative estimate of drug-likeness (QED) is 0.589. The maximum absolute atomic E-state index is 4.52.